The third-order valence-electron chi connectivity index (χ3n) is 3.91. The van der Waals surface area contributed by atoms with Crippen molar-refractivity contribution >= 4 is 5.97 Å². The van der Waals surface area contributed by atoms with Gasteiger partial charge in [0, 0.05) is 6.92 Å². The number of carbonyl (C=O) groups excluding carboxylic acids is 1. The van der Waals surface area contributed by atoms with Crippen molar-refractivity contribution in [1.82, 2.24) is 0 Å². The zero-order chi connectivity index (χ0) is 15.8. The molecule has 0 radical (unpaired) electrons. The SMILES string of the molecule is CC1(C)Oc2ccccc2O[C@]1(C)OC(=O)c1ccccc1. The third kappa shape index (κ3) is 2.41. The maximum Gasteiger partial charge on any atom is 0.341 e. The molecule has 22 heavy (non-hydrogen) atoms. The van der Waals surface area contributed by atoms with Crippen LogP contribution in [0.25, 0.3) is 0 Å². The molecule has 1 heterocycles. The van der Waals surface area contributed by atoms with Crippen LogP contribution >= 0.6 is 0 Å². The Morgan fingerprint density at radius 1 is 0.864 bits per heavy atom. The zero-order valence-corrected chi connectivity index (χ0v) is 12.8. The van der Waals surface area contributed by atoms with Crippen molar-refractivity contribution in [3.05, 3.63) is 60.2 Å². The standard InChI is InChI=1S/C18H18O4/c1-17(2)18(3,21-15-12-8-7-11-14(15)20-17)22-16(19)13-9-5-4-6-10-13/h4-12H,1-3H3/t18-/m1/s1. The lowest BCUT2D eigenvalue weighted by Crippen LogP contribution is -2.60. The molecule has 4 heteroatoms. The molecule has 1 aliphatic rings. The van der Waals surface area contributed by atoms with Crippen molar-refractivity contribution in [1.29, 1.82) is 0 Å². The van der Waals surface area contributed by atoms with Crippen LogP contribution in [-0.4, -0.2) is 17.4 Å². The number of rotatable bonds is 2. The van der Waals surface area contributed by atoms with Gasteiger partial charge < -0.3 is 14.2 Å². The highest BCUT2D eigenvalue weighted by Crippen LogP contribution is 2.43. The van der Waals surface area contributed by atoms with Crippen molar-refractivity contribution in [2.24, 2.45) is 0 Å². The van der Waals surface area contributed by atoms with Gasteiger partial charge in [0.05, 0.1) is 5.56 Å². The maximum atomic E-state index is 12.4. The molecule has 0 fully saturated rings. The number of benzene rings is 2. The number of esters is 1. The highest BCUT2D eigenvalue weighted by molar-refractivity contribution is 5.89. The van der Waals surface area contributed by atoms with Gasteiger partial charge in [-0.25, -0.2) is 4.79 Å². The minimum absolute atomic E-state index is 0.445. The fourth-order valence-electron chi connectivity index (χ4n) is 2.27. The van der Waals surface area contributed by atoms with Gasteiger partial charge in [0.15, 0.2) is 17.1 Å². The quantitative estimate of drug-likeness (QED) is 0.791. The van der Waals surface area contributed by atoms with Crippen molar-refractivity contribution in [3.63, 3.8) is 0 Å². The molecule has 0 unspecified atom stereocenters. The van der Waals surface area contributed by atoms with Crippen LogP contribution in [0, 0.1) is 0 Å². The molecule has 1 atom stereocenters. The maximum absolute atomic E-state index is 12.4. The van der Waals surface area contributed by atoms with E-state index >= 15 is 0 Å². The van der Waals surface area contributed by atoms with E-state index in [9.17, 15) is 4.79 Å². The molecule has 2 aromatic rings. The molecule has 0 bridgehead atoms. The molecule has 1 aliphatic heterocycles. The predicted octanol–water partition coefficient (Wildman–Crippen LogP) is 3.81. The van der Waals surface area contributed by atoms with E-state index in [2.05, 4.69) is 0 Å². The molecule has 0 aliphatic carbocycles. The Hall–Kier alpha value is -2.49. The molecule has 0 spiro atoms. The van der Waals surface area contributed by atoms with Gasteiger partial charge in [-0.2, -0.15) is 0 Å². The Morgan fingerprint density at radius 3 is 2.05 bits per heavy atom. The van der Waals surface area contributed by atoms with Crippen molar-refractivity contribution in [2.75, 3.05) is 0 Å². The minimum Gasteiger partial charge on any atom is -0.476 e. The normalized spacial score (nSPS) is 22.0. The molecule has 4 nitrogen and oxygen atoms in total. The third-order valence-corrected chi connectivity index (χ3v) is 3.91. The number of fused-ring (bicyclic) bond motifs is 1. The summed E-state index contributed by atoms with van der Waals surface area (Å²) in [5.41, 5.74) is -0.354. The summed E-state index contributed by atoms with van der Waals surface area (Å²) in [6, 6.07) is 16.2. The van der Waals surface area contributed by atoms with E-state index in [0.29, 0.717) is 17.1 Å². The van der Waals surface area contributed by atoms with E-state index < -0.39 is 17.4 Å². The Morgan fingerprint density at radius 2 is 1.41 bits per heavy atom. The molecule has 3 rings (SSSR count). The first-order valence-corrected chi connectivity index (χ1v) is 7.17. The van der Waals surface area contributed by atoms with Gasteiger partial charge in [-0.05, 0) is 38.1 Å². The van der Waals surface area contributed by atoms with Crippen LogP contribution in [-0.2, 0) is 4.74 Å². The zero-order valence-electron chi connectivity index (χ0n) is 12.8. The lowest BCUT2D eigenvalue weighted by Gasteiger charge is -2.46. The highest BCUT2D eigenvalue weighted by Gasteiger charge is 2.53. The molecule has 0 saturated carbocycles. The van der Waals surface area contributed by atoms with Crippen LogP contribution in [0.4, 0.5) is 0 Å². The first-order chi connectivity index (χ1) is 10.4. The Bertz CT molecular complexity index is 693. The lowest BCUT2D eigenvalue weighted by molar-refractivity contribution is -0.237. The monoisotopic (exact) mass is 298 g/mol. The van der Waals surface area contributed by atoms with Crippen LogP contribution in [0.3, 0.4) is 0 Å². The van der Waals surface area contributed by atoms with Crippen molar-refractivity contribution in [3.8, 4) is 11.5 Å². The Kier molecular flexibility index (Phi) is 3.32. The predicted molar refractivity (Wildman–Crippen MR) is 82.0 cm³/mol. The summed E-state index contributed by atoms with van der Waals surface area (Å²) < 4.78 is 17.6. The second-order valence-electron chi connectivity index (χ2n) is 5.86. The van der Waals surface area contributed by atoms with E-state index in [1.807, 2.05) is 38.1 Å². The largest absolute Gasteiger partial charge is 0.476 e. The first-order valence-electron chi connectivity index (χ1n) is 7.17. The van der Waals surface area contributed by atoms with Gasteiger partial charge >= 0.3 is 5.97 Å². The van der Waals surface area contributed by atoms with Gasteiger partial charge in [0.2, 0.25) is 0 Å². The molecule has 0 saturated heterocycles. The van der Waals surface area contributed by atoms with Crippen LogP contribution in [0.2, 0.25) is 0 Å². The average Bonchev–Trinajstić information content (AvgIpc) is 2.49. The first kappa shape index (κ1) is 14.4. The topological polar surface area (TPSA) is 44.8 Å². The lowest BCUT2D eigenvalue weighted by atomic mass is 9.96. The van der Waals surface area contributed by atoms with Crippen molar-refractivity contribution in [2.45, 2.75) is 32.2 Å². The summed E-state index contributed by atoms with van der Waals surface area (Å²) in [4.78, 5) is 12.4. The Labute approximate surface area is 129 Å². The number of hydrogen-bond donors (Lipinski definition) is 0. The number of ether oxygens (including phenoxy) is 3. The van der Waals surface area contributed by atoms with Crippen LogP contribution < -0.4 is 9.47 Å². The molecular weight excluding hydrogens is 280 g/mol. The van der Waals surface area contributed by atoms with Crippen LogP contribution in [0.15, 0.2) is 54.6 Å². The Balaban J connectivity index is 1.90. The summed E-state index contributed by atoms with van der Waals surface area (Å²) in [5.74, 6) is -0.473. The van der Waals surface area contributed by atoms with Crippen molar-refractivity contribution < 1.29 is 19.0 Å². The van der Waals surface area contributed by atoms with E-state index in [1.165, 1.54) is 0 Å². The average molecular weight is 298 g/mol. The molecule has 0 amide bonds. The molecule has 0 aromatic heterocycles. The number of para-hydroxylation sites is 2. The smallest absolute Gasteiger partial charge is 0.341 e. The molecule has 2 aromatic carbocycles. The van der Waals surface area contributed by atoms with Gasteiger partial charge in [-0.15, -0.1) is 0 Å². The highest BCUT2D eigenvalue weighted by atomic mass is 16.8. The minimum atomic E-state index is -1.23. The summed E-state index contributed by atoms with van der Waals surface area (Å²) in [6.07, 6.45) is 0. The van der Waals surface area contributed by atoms with Crippen LogP contribution in [0.5, 0.6) is 11.5 Å². The summed E-state index contributed by atoms with van der Waals surface area (Å²) in [7, 11) is 0. The van der Waals surface area contributed by atoms with E-state index in [-0.39, 0.29) is 0 Å². The number of hydrogen-bond acceptors (Lipinski definition) is 4. The fourth-order valence-corrected chi connectivity index (χ4v) is 2.27. The number of carbonyl (C=O) groups is 1. The van der Waals surface area contributed by atoms with Gasteiger partial charge in [0.25, 0.3) is 5.79 Å². The van der Waals surface area contributed by atoms with Gasteiger partial charge in [-0.3, -0.25) is 0 Å². The second-order valence-corrected chi connectivity index (χ2v) is 5.86. The van der Waals surface area contributed by atoms with E-state index in [1.54, 1.807) is 37.3 Å². The summed E-state index contributed by atoms with van der Waals surface area (Å²) in [6.45, 7) is 5.38. The van der Waals surface area contributed by atoms with Gasteiger partial charge in [0.1, 0.15) is 0 Å². The molecule has 114 valence electrons. The van der Waals surface area contributed by atoms with Gasteiger partial charge in [-0.1, -0.05) is 30.3 Å². The van der Waals surface area contributed by atoms with E-state index in [4.69, 9.17) is 14.2 Å². The second kappa shape index (κ2) is 5.05. The fraction of sp³-hybridized carbons (Fsp3) is 0.278. The summed E-state index contributed by atoms with van der Waals surface area (Å²) in [5, 5.41) is 0. The van der Waals surface area contributed by atoms with E-state index in [0.717, 1.165) is 0 Å². The van der Waals surface area contributed by atoms with Crippen LogP contribution in [0.1, 0.15) is 31.1 Å². The molecular formula is C18H18O4. The molecule has 0 N–H and O–H groups in total. The summed E-state index contributed by atoms with van der Waals surface area (Å²) >= 11 is 0.